The summed E-state index contributed by atoms with van der Waals surface area (Å²) >= 11 is 5.90. The number of benzene rings is 4. The van der Waals surface area contributed by atoms with Gasteiger partial charge in [-0.05, 0) is 60.7 Å². The second-order valence-corrected chi connectivity index (χ2v) is 8.98. The molecule has 11 heteroatoms. The molecular weight excluding hydrogens is 562 g/mol. The van der Waals surface area contributed by atoms with E-state index in [1.165, 1.54) is 39.7 Å². The quantitative estimate of drug-likeness (QED) is 0.107. The predicted molar refractivity (Wildman–Crippen MR) is 158 cm³/mol. The van der Waals surface area contributed by atoms with Gasteiger partial charge < -0.3 is 24.3 Å². The Morgan fingerprint density at radius 2 is 1.38 bits per heavy atom. The molecule has 0 radical (unpaired) electrons. The molecule has 2 amide bonds. The Labute approximate surface area is 246 Å². The highest BCUT2D eigenvalue weighted by molar-refractivity contribution is 6.30. The van der Waals surface area contributed by atoms with E-state index in [4.69, 9.17) is 30.5 Å². The smallest absolute Gasteiger partial charge is 0.343 e. The molecule has 0 unspecified atom stereocenters. The van der Waals surface area contributed by atoms with E-state index in [9.17, 15) is 14.4 Å². The fourth-order valence-electron chi connectivity index (χ4n) is 3.84. The van der Waals surface area contributed by atoms with E-state index in [-0.39, 0.29) is 16.9 Å². The molecule has 4 rings (SSSR count). The molecule has 0 aliphatic heterocycles. The molecule has 0 atom stereocenters. The number of nitrogens with zero attached hydrogens (tertiary/aromatic N) is 1. The van der Waals surface area contributed by atoms with Crippen molar-refractivity contribution in [2.24, 2.45) is 5.10 Å². The summed E-state index contributed by atoms with van der Waals surface area (Å²) in [7, 11) is 4.35. The molecule has 0 heterocycles. The first-order valence-corrected chi connectivity index (χ1v) is 12.8. The van der Waals surface area contributed by atoms with Crippen LogP contribution in [0.3, 0.4) is 0 Å². The minimum Gasteiger partial charge on any atom is -0.493 e. The minimum atomic E-state index is -0.676. The van der Waals surface area contributed by atoms with E-state index in [0.29, 0.717) is 39.1 Å². The molecule has 10 nitrogen and oxygen atoms in total. The van der Waals surface area contributed by atoms with Crippen molar-refractivity contribution in [3.8, 4) is 23.0 Å². The maximum atomic E-state index is 13.0. The molecule has 0 fully saturated rings. The van der Waals surface area contributed by atoms with Crippen LogP contribution in [-0.2, 0) is 0 Å². The van der Waals surface area contributed by atoms with Crippen LogP contribution in [0.5, 0.6) is 23.0 Å². The third kappa shape index (κ3) is 7.04. The number of methoxy groups -OCH3 is 3. The highest BCUT2D eigenvalue weighted by Gasteiger charge is 2.19. The second-order valence-electron chi connectivity index (χ2n) is 8.55. The van der Waals surface area contributed by atoms with Gasteiger partial charge in [0.25, 0.3) is 11.8 Å². The summed E-state index contributed by atoms with van der Waals surface area (Å²) in [6.45, 7) is 0. The monoisotopic (exact) mass is 587 g/mol. The highest BCUT2D eigenvalue weighted by Crippen LogP contribution is 2.38. The van der Waals surface area contributed by atoms with Gasteiger partial charge in [0.1, 0.15) is 5.75 Å². The number of hydrogen-bond acceptors (Lipinski definition) is 8. The number of hydrogen-bond donors (Lipinski definition) is 2. The normalized spacial score (nSPS) is 10.6. The Morgan fingerprint density at radius 3 is 2.05 bits per heavy atom. The summed E-state index contributed by atoms with van der Waals surface area (Å²) in [4.78, 5) is 38.6. The molecule has 2 N–H and O–H groups in total. The number of para-hydroxylation sites is 2. The molecule has 0 aliphatic carbocycles. The fraction of sp³-hybridized carbons (Fsp3) is 0.0968. The van der Waals surface area contributed by atoms with Crippen molar-refractivity contribution >= 4 is 41.3 Å². The fourth-order valence-corrected chi connectivity index (χ4v) is 3.97. The number of halogens is 1. The van der Waals surface area contributed by atoms with Gasteiger partial charge in [-0.25, -0.2) is 10.2 Å². The molecule has 0 spiro atoms. The summed E-state index contributed by atoms with van der Waals surface area (Å²) in [6.07, 6.45) is 1.34. The van der Waals surface area contributed by atoms with Crippen LogP contribution >= 0.6 is 11.6 Å². The van der Waals surface area contributed by atoms with Crippen molar-refractivity contribution < 1.29 is 33.3 Å². The van der Waals surface area contributed by atoms with Crippen LogP contribution in [0.15, 0.2) is 90.0 Å². The van der Waals surface area contributed by atoms with Gasteiger partial charge in [0, 0.05) is 16.1 Å². The Morgan fingerprint density at radius 1 is 0.738 bits per heavy atom. The first-order valence-electron chi connectivity index (χ1n) is 12.4. The summed E-state index contributed by atoms with van der Waals surface area (Å²) in [5.74, 6) is -0.513. The Balaban J connectivity index is 1.47. The first-order chi connectivity index (χ1) is 20.3. The lowest BCUT2D eigenvalue weighted by molar-refractivity contribution is 0.0733. The number of anilines is 1. The molecule has 0 saturated carbocycles. The van der Waals surface area contributed by atoms with Gasteiger partial charge in [-0.15, -0.1) is 0 Å². The van der Waals surface area contributed by atoms with E-state index in [0.717, 1.165) is 0 Å². The summed E-state index contributed by atoms with van der Waals surface area (Å²) in [5, 5.41) is 7.25. The van der Waals surface area contributed by atoms with Crippen molar-refractivity contribution in [2.75, 3.05) is 26.6 Å². The van der Waals surface area contributed by atoms with E-state index in [2.05, 4.69) is 15.8 Å². The summed E-state index contributed by atoms with van der Waals surface area (Å²) in [6, 6.07) is 22.5. The van der Waals surface area contributed by atoms with Gasteiger partial charge in [0.2, 0.25) is 5.75 Å². The van der Waals surface area contributed by atoms with Crippen LogP contribution in [0.25, 0.3) is 0 Å². The van der Waals surface area contributed by atoms with Gasteiger partial charge >= 0.3 is 5.97 Å². The number of hydrazone groups is 1. The zero-order valence-electron chi connectivity index (χ0n) is 22.8. The Kier molecular flexibility index (Phi) is 9.75. The first kappa shape index (κ1) is 29.6. The van der Waals surface area contributed by atoms with Crippen molar-refractivity contribution in [3.63, 3.8) is 0 Å². The lowest BCUT2D eigenvalue weighted by atomic mass is 10.1. The summed E-state index contributed by atoms with van der Waals surface area (Å²) in [5.41, 5.74) is 3.90. The minimum absolute atomic E-state index is 0.168. The molecule has 0 aromatic heterocycles. The van der Waals surface area contributed by atoms with Gasteiger partial charge in [0.15, 0.2) is 11.5 Å². The van der Waals surface area contributed by atoms with Gasteiger partial charge in [-0.2, -0.15) is 5.10 Å². The topological polar surface area (TPSA) is 125 Å². The molecule has 4 aromatic carbocycles. The van der Waals surface area contributed by atoms with E-state index < -0.39 is 17.8 Å². The zero-order chi connectivity index (χ0) is 30.1. The SMILES string of the molecule is COc1cc(C(=O)Oc2ccccc2/C=N\NC(=O)c2ccccc2NC(=O)c2ccc(Cl)cc2)cc(OC)c1OC. The number of rotatable bonds is 10. The Bertz CT molecular complexity index is 1610. The number of amides is 2. The van der Waals surface area contributed by atoms with Gasteiger partial charge in [-0.3, -0.25) is 9.59 Å². The zero-order valence-corrected chi connectivity index (χ0v) is 23.6. The highest BCUT2D eigenvalue weighted by atomic mass is 35.5. The third-order valence-electron chi connectivity index (χ3n) is 5.92. The molecule has 0 aliphatic rings. The maximum absolute atomic E-state index is 13.0. The molecule has 214 valence electrons. The lowest BCUT2D eigenvalue weighted by Gasteiger charge is -2.14. The van der Waals surface area contributed by atoms with Crippen molar-refractivity contribution in [3.05, 3.63) is 112 Å². The van der Waals surface area contributed by atoms with Crippen molar-refractivity contribution in [2.45, 2.75) is 0 Å². The predicted octanol–water partition coefficient (Wildman–Crippen LogP) is 5.60. The van der Waals surface area contributed by atoms with Crippen LogP contribution in [0.1, 0.15) is 36.6 Å². The average Bonchev–Trinajstić information content (AvgIpc) is 3.01. The molecule has 0 saturated heterocycles. The van der Waals surface area contributed by atoms with E-state index in [1.807, 2.05) is 0 Å². The molecular formula is C31H26ClN3O7. The van der Waals surface area contributed by atoms with Gasteiger partial charge in [-0.1, -0.05) is 35.9 Å². The van der Waals surface area contributed by atoms with Crippen molar-refractivity contribution in [1.82, 2.24) is 5.43 Å². The standard InChI is InChI=1S/C31H26ClN3O7/c1-39-26-16-21(17-27(40-2)28(26)41-3)31(38)42-25-11-7-4-8-20(25)18-33-35-30(37)23-9-5-6-10-24(23)34-29(36)19-12-14-22(32)15-13-19/h4-18H,1-3H3,(H,34,36)(H,35,37)/b33-18-. The van der Waals surface area contributed by atoms with E-state index >= 15 is 0 Å². The van der Waals surface area contributed by atoms with Crippen molar-refractivity contribution in [1.29, 1.82) is 0 Å². The maximum Gasteiger partial charge on any atom is 0.343 e. The number of ether oxygens (including phenoxy) is 4. The average molecular weight is 588 g/mol. The largest absolute Gasteiger partial charge is 0.493 e. The number of carbonyl (C=O) groups is 3. The van der Waals surface area contributed by atoms with Crippen LogP contribution in [0.2, 0.25) is 5.02 Å². The number of esters is 1. The summed E-state index contributed by atoms with van der Waals surface area (Å²) < 4.78 is 21.5. The van der Waals surface area contributed by atoms with Crippen LogP contribution in [0, 0.1) is 0 Å². The van der Waals surface area contributed by atoms with Crippen LogP contribution in [-0.4, -0.2) is 45.3 Å². The molecule has 0 bridgehead atoms. The van der Waals surface area contributed by atoms with E-state index in [1.54, 1.807) is 72.8 Å². The van der Waals surface area contributed by atoms with Crippen LogP contribution in [0.4, 0.5) is 5.69 Å². The van der Waals surface area contributed by atoms with Gasteiger partial charge in [0.05, 0.1) is 44.4 Å². The lowest BCUT2D eigenvalue weighted by Crippen LogP contribution is -2.21. The molecule has 4 aromatic rings. The number of carbonyl (C=O) groups excluding carboxylic acids is 3. The molecule has 42 heavy (non-hydrogen) atoms. The number of nitrogens with one attached hydrogen (secondary N) is 2. The third-order valence-corrected chi connectivity index (χ3v) is 6.17. The second kappa shape index (κ2) is 13.8. The van der Waals surface area contributed by atoms with Crippen LogP contribution < -0.4 is 29.7 Å². The Hall–Kier alpha value is -5.35.